The van der Waals surface area contributed by atoms with Gasteiger partial charge in [0.15, 0.2) is 5.43 Å². The first-order chi connectivity index (χ1) is 31.3. The number of benzene rings is 2. The Balaban J connectivity index is 0.000000323. The summed E-state index contributed by atoms with van der Waals surface area (Å²) in [4.78, 5) is 77.1. The van der Waals surface area contributed by atoms with Crippen LogP contribution < -0.4 is 26.1 Å². The summed E-state index contributed by atoms with van der Waals surface area (Å²) in [6, 6.07) is 5.45. The Hall–Kier alpha value is -5.65. The molecule has 13 nitrogen and oxygen atoms in total. The maximum atomic E-state index is 14.0. The van der Waals surface area contributed by atoms with Gasteiger partial charge in [-0.2, -0.15) is 13.2 Å². The van der Waals surface area contributed by atoms with Crippen LogP contribution in [-0.4, -0.2) is 84.5 Å². The lowest BCUT2D eigenvalue weighted by Crippen LogP contribution is -2.58. The molecule has 368 valence electrons. The first-order valence-corrected chi connectivity index (χ1v) is 23.0. The number of H-pyrrole nitrogens is 1. The van der Waals surface area contributed by atoms with Crippen LogP contribution in [0, 0.1) is 29.5 Å². The number of nitrogens with one attached hydrogen (secondary N) is 4. The topological polar surface area (TPSA) is 180 Å². The van der Waals surface area contributed by atoms with E-state index in [-0.39, 0.29) is 29.5 Å². The van der Waals surface area contributed by atoms with E-state index in [9.17, 15) is 36.7 Å². The number of amides is 3. The molecular weight excluding hydrogens is 893 g/mol. The van der Waals surface area contributed by atoms with E-state index in [0.717, 1.165) is 50.8 Å². The number of hydrogen-bond acceptors (Lipinski definition) is 10. The van der Waals surface area contributed by atoms with E-state index in [4.69, 9.17) is 14.3 Å². The van der Waals surface area contributed by atoms with Crippen LogP contribution in [0.3, 0.4) is 0 Å². The Morgan fingerprint density at radius 2 is 1.67 bits per heavy atom. The van der Waals surface area contributed by atoms with Crippen LogP contribution in [0.5, 0.6) is 5.75 Å². The van der Waals surface area contributed by atoms with Crippen molar-refractivity contribution < 1.29 is 46.3 Å². The van der Waals surface area contributed by atoms with E-state index in [2.05, 4.69) is 53.6 Å². The lowest BCUT2D eigenvalue weighted by molar-refractivity contribution is -0.141. The van der Waals surface area contributed by atoms with Crippen molar-refractivity contribution in [1.29, 1.82) is 0 Å². The van der Waals surface area contributed by atoms with Gasteiger partial charge in [0.05, 0.1) is 29.6 Å². The zero-order valence-corrected chi connectivity index (χ0v) is 41.2. The molecule has 2 saturated carbocycles. The average molecular weight is 959 g/mol. The average Bonchev–Trinajstić information content (AvgIpc) is 3.96. The number of hydrogen-bond donors (Lipinski definition) is 4. The number of methoxy groups -OCH3 is 1. The van der Waals surface area contributed by atoms with Crippen LogP contribution in [0.1, 0.15) is 117 Å². The minimum absolute atomic E-state index is 0.00389. The van der Waals surface area contributed by atoms with Crippen molar-refractivity contribution in [1.82, 2.24) is 25.5 Å². The Morgan fingerprint density at radius 1 is 1.04 bits per heavy atom. The van der Waals surface area contributed by atoms with Gasteiger partial charge in [-0.05, 0) is 92.0 Å². The molecule has 1 aliphatic heterocycles. The monoisotopic (exact) mass is 958 g/mol. The Labute approximate surface area is 394 Å². The molecule has 0 spiro atoms. The molecule has 2 aromatic carbocycles. The number of fused-ring (bicyclic) bond motifs is 1. The number of aromatic amines is 1. The molecule has 4 aromatic rings. The fraction of sp³-hybridized carbons (Fsp3) is 0.531. The number of carbonyl (C=O) groups is 5. The highest BCUT2D eigenvalue weighted by Crippen LogP contribution is 2.46. The zero-order chi connectivity index (χ0) is 50.8. The third-order valence-corrected chi connectivity index (χ3v) is 13.0. The third kappa shape index (κ3) is 14.0. The quantitative estimate of drug-likeness (QED) is 0.113. The number of alkyl halides is 3. The molecule has 2 aromatic heterocycles. The molecule has 3 aliphatic rings. The highest BCUT2D eigenvalue weighted by atomic mass is 32.1. The van der Waals surface area contributed by atoms with Gasteiger partial charge in [-0.3, -0.25) is 19.2 Å². The number of halogens is 4. The number of nitrogens with zero attached hydrogens (tertiary/aromatic N) is 2. The number of aromatic nitrogens is 2. The largest absolute Gasteiger partial charge is 0.496 e. The van der Waals surface area contributed by atoms with Crippen molar-refractivity contribution in [3.8, 4) is 16.5 Å². The summed E-state index contributed by atoms with van der Waals surface area (Å²) >= 11 is 1.55. The molecule has 67 heavy (non-hydrogen) atoms. The molecule has 4 atom stereocenters. The first kappa shape index (κ1) is 55.7. The summed E-state index contributed by atoms with van der Waals surface area (Å²) in [6.07, 6.45) is 0.335. The van der Waals surface area contributed by atoms with Gasteiger partial charge < -0.3 is 40.2 Å². The second-order valence-corrected chi connectivity index (χ2v) is 19.8. The highest BCUT2D eigenvalue weighted by Gasteiger charge is 2.60. The standard InChI is InChI=1S/C25H34F4N4O3.C17H18N2O2S.C5H10.2CH2O/c1-6-14-13-24(14,22(36)30-5)32-20(34)18-8-7-9-33(18)21(35)19(23(2,3)4)31-17-11-15(25(27,28)29)10-16(26)12-17;1-9(2)13-8-22-17(19-13)12-7-14(20)11-5-6-15(21-4)10(3)16(11)18-12;1-5(2)3-4-5;2*1-2/h10-12,14,18-19,31H,6-9,13H2,1-5H3,(H,30,36)(H,32,34);5-9H,1-4H3,(H,18,20);3-4H2,1-2H3;2*1H2/t14?,18?,19?,24-;;;;/m1..../s1. The molecule has 3 heterocycles. The summed E-state index contributed by atoms with van der Waals surface area (Å²) in [6.45, 7) is 22.2. The Kier molecular flexibility index (Phi) is 19.0. The SMILES string of the molecule is C=O.C=O.CC1(C)CC1.CCC1C[C@]1(NC(=O)C1CCCN1C(=O)C(Nc1cc(F)cc(C(F)(F)F)c1)C(C)(C)C)C(=O)NC.COc1ccc2c(=O)cc(-c3nc(C(C)C)cs3)[nH]c2c1C. The number of likely N-dealkylation sites (N-methyl/N-ethyl adjacent to an activating group) is 1. The number of pyridine rings is 1. The summed E-state index contributed by atoms with van der Waals surface area (Å²) in [5.41, 5.74) is 1.16. The van der Waals surface area contributed by atoms with Crippen molar-refractivity contribution in [2.24, 2.45) is 16.7 Å². The van der Waals surface area contributed by atoms with E-state index in [1.807, 2.05) is 38.9 Å². The zero-order valence-electron chi connectivity index (χ0n) is 40.4. The van der Waals surface area contributed by atoms with E-state index >= 15 is 0 Å². The van der Waals surface area contributed by atoms with Crippen molar-refractivity contribution >= 4 is 59.2 Å². The normalized spacial score (nSPS) is 19.4. The van der Waals surface area contributed by atoms with E-state index in [1.54, 1.807) is 51.4 Å². The molecule has 3 amide bonds. The summed E-state index contributed by atoms with van der Waals surface area (Å²) in [5, 5.41) is 11.8. The van der Waals surface area contributed by atoms with Crippen molar-refractivity contribution in [2.45, 2.75) is 131 Å². The molecule has 0 radical (unpaired) electrons. The fourth-order valence-electron chi connectivity index (χ4n) is 7.66. The lowest BCUT2D eigenvalue weighted by Gasteiger charge is -2.36. The molecule has 2 aliphatic carbocycles. The van der Waals surface area contributed by atoms with Gasteiger partial charge in [0.2, 0.25) is 17.7 Å². The minimum atomic E-state index is -4.75. The molecule has 4 N–H and O–H groups in total. The van der Waals surface area contributed by atoms with E-state index < -0.39 is 52.4 Å². The van der Waals surface area contributed by atoms with Crippen LogP contribution in [0.2, 0.25) is 0 Å². The van der Waals surface area contributed by atoms with Crippen molar-refractivity contribution in [3.63, 3.8) is 0 Å². The third-order valence-electron chi connectivity index (χ3n) is 12.1. The Morgan fingerprint density at radius 3 is 2.16 bits per heavy atom. The van der Waals surface area contributed by atoms with E-state index in [1.165, 1.54) is 24.8 Å². The number of anilines is 1. The first-order valence-electron chi connectivity index (χ1n) is 22.1. The molecule has 3 fully saturated rings. The van der Waals surface area contributed by atoms with E-state index in [0.29, 0.717) is 43.1 Å². The predicted octanol–water partition coefficient (Wildman–Crippen LogP) is 9.22. The fourth-order valence-corrected chi connectivity index (χ4v) is 8.61. The lowest BCUT2D eigenvalue weighted by atomic mass is 9.85. The summed E-state index contributed by atoms with van der Waals surface area (Å²) < 4.78 is 58.9. The van der Waals surface area contributed by atoms with Crippen LogP contribution >= 0.6 is 11.3 Å². The molecule has 7 rings (SSSR count). The van der Waals surface area contributed by atoms with Gasteiger partial charge in [0.1, 0.15) is 47.8 Å². The molecule has 18 heteroatoms. The maximum absolute atomic E-state index is 14.0. The van der Waals surface area contributed by atoms with Crippen LogP contribution in [-0.2, 0) is 30.1 Å². The smallest absolute Gasteiger partial charge is 0.416 e. The molecule has 1 saturated heterocycles. The second-order valence-electron chi connectivity index (χ2n) is 19.0. The number of thiazole rings is 1. The minimum Gasteiger partial charge on any atom is -0.496 e. The number of rotatable bonds is 10. The summed E-state index contributed by atoms with van der Waals surface area (Å²) in [5.74, 6) is -1.12. The summed E-state index contributed by atoms with van der Waals surface area (Å²) in [7, 11) is 3.13. The molecular formula is C49H66F4N6O7S. The van der Waals surface area contributed by atoms with Crippen molar-refractivity contribution in [2.75, 3.05) is 26.0 Å². The van der Waals surface area contributed by atoms with Crippen molar-refractivity contribution in [3.05, 3.63) is 74.6 Å². The number of carbonyl (C=O) groups excluding carboxylic acids is 5. The molecule has 3 unspecified atom stereocenters. The number of likely N-dealkylation sites (tertiary alicyclic amines) is 1. The number of ether oxygens (including phenoxy) is 1. The highest BCUT2D eigenvalue weighted by molar-refractivity contribution is 7.13. The van der Waals surface area contributed by atoms with Gasteiger partial charge in [-0.25, -0.2) is 9.37 Å². The Bertz CT molecular complexity index is 2410. The predicted molar refractivity (Wildman–Crippen MR) is 255 cm³/mol. The van der Waals surface area contributed by atoms with Gasteiger partial charge in [-0.15, -0.1) is 11.3 Å². The second kappa shape index (κ2) is 22.9. The maximum Gasteiger partial charge on any atom is 0.416 e. The van der Waals surface area contributed by atoms with Gasteiger partial charge in [-0.1, -0.05) is 61.8 Å². The van der Waals surface area contributed by atoms with Crippen LogP contribution in [0.25, 0.3) is 21.6 Å². The van der Waals surface area contributed by atoms with Crippen LogP contribution in [0.4, 0.5) is 23.2 Å². The van der Waals surface area contributed by atoms with Gasteiger partial charge in [0.25, 0.3) is 0 Å². The van der Waals surface area contributed by atoms with Crippen LogP contribution in [0.15, 0.2) is 46.6 Å². The van der Waals surface area contributed by atoms with Gasteiger partial charge >= 0.3 is 6.18 Å². The van der Waals surface area contributed by atoms with Gasteiger partial charge in [0, 0.05) is 41.7 Å². The number of aryl methyl sites for hydroxylation is 1. The molecule has 0 bridgehead atoms.